The zero-order valence-corrected chi connectivity index (χ0v) is 20.5. The van der Waals surface area contributed by atoms with Crippen LogP contribution < -0.4 is 20.7 Å². The number of nitrogens with two attached hydrogens (primary N) is 1. The third-order valence-electron chi connectivity index (χ3n) is 7.58. The first-order chi connectivity index (χ1) is 18.0. The number of nitrogen functional groups attached to an aromatic ring is 1. The molecule has 3 heterocycles. The molecular formula is C28H30FN5O3. The van der Waals surface area contributed by atoms with Crippen LogP contribution in [0, 0.1) is 5.82 Å². The van der Waals surface area contributed by atoms with Crippen LogP contribution in [0.15, 0.2) is 36.7 Å². The number of halogens is 1. The Morgan fingerprint density at radius 3 is 2.78 bits per heavy atom. The van der Waals surface area contributed by atoms with Crippen LogP contribution in [0.3, 0.4) is 0 Å². The Morgan fingerprint density at radius 1 is 1.16 bits per heavy atom. The summed E-state index contributed by atoms with van der Waals surface area (Å²) in [5, 5.41) is 13.8. The fourth-order valence-corrected chi connectivity index (χ4v) is 5.45. The van der Waals surface area contributed by atoms with Crippen molar-refractivity contribution in [3.05, 3.63) is 64.7 Å². The molecule has 0 unspecified atom stereocenters. The molecule has 4 N–H and O–H groups in total. The van der Waals surface area contributed by atoms with Crippen LogP contribution in [0.1, 0.15) is 58.6 Å². The first kappa shape index (κ1) is 23.8. The topological polar surface area (TPSA) is 114 Å². The van der Waals surface area contributed by atoms with Crippen LogP contribution in [0.5, 0.6) is 5.75 Å². The van der Waals surface area contributed by atoms with Gasteiger partial charge >= 0.3 is 0 Å². The minimum absolute atomic E-state index is 0.132. The van der Waals surface area contributed by atoms with Crippen LogP contribution in [-0.4, -0.2) is 46.7 Å². The number of nitrogens with zero attached hydrogens (tertiary/aromatic N) is 3. The highest BCUT2D eigenvalue weighted by Gasteiger charge is 2.31. The van der Waals surface area contributed by atoms with Crippen molar-refractivity contribution in [2.75, 3.05) is 30.3 Å². The van der Waals surface area contributed by atoms with Gasteiger partial charge in [-0.3, -0.25) is 4.79 Å². The van der Waals surface area contributed by atoms with Gasteiger partial charge in [-0.15, -0.1) is 0 Å². The van der Waals surface area contributed by atoms with Crippen molar-refractivity contribution in [1.82, 2.24) is 15.3 Å². The van der Waals surface area contributed by atoms with Gasteiger partial charge in [0, 0.05) is 29.3 Å². The summed E-state index contributed by atoms with van der Waals surface area (Å²) in [5.74, 6) is 0.218. The molecule has 1 aliphatic carbocycles. The van der Waals surface area contributed by atoms with Gasteiger partial charge in [0.25, 0.3) is 5.91 Å². The molecule has 9 heteroatoms. The summed E-state index contributed by atoms with van der Waals surface area (Å²) in [6.45, 7) is 1.26. The number of fused-ring (bicyclic) bond motifs is 1. The maximum atomic E-state index is 15.1. The minimum Gasteiger partial charge on any atom is -0.486 e. The lowest BCUT2D eigenvalue weighted by Gasteiger charge is -2.31. The normalized spacial score (nSPS) is 19.2. The molecule has 3 aromatic rings. The monoisotopic (exact) mass is 503 g/mol. The smallest absolute Gasteiger partial charge is 0.258 e. The van der Waals surface area contributed by atoms with Crippen molar-refractivity contribution >= 4 is 17.4 Å². The summed E-state index contributed by atoms with van der Waals surface area (Å²) in [4.78, 5) is 23.5. The van der Waals surface area contributed by atoms with E-state index in [0.717, 1.165) is 24.9 Å². The van der Waals surface area contributed by atoms with Gasteiger partial charge < -0.3 is 25.8 Å². The molecule has 1 saturated carbocycles. The number of hydrogen-bond acceptors (Lipinski definition) is 7. The molecule has 1 amide bonds. The zero-order chi connectivity index (χ0) is 25.5. The number of aromatic nitrogens is 2. The number of anilines is 2. The summed E-state index contributed by atoms with van der Waals surface area (Å²) in [5.41, 5.74) is 10.4. The van der Waals surface area contributed by atoms with Crippen LogP contribution in [0.25, 0.3) is 11.3 Å². The van der Waals surface area contributed by atoms with E-state index in [4.69, 9.17) is 10.5 Å². The molecule has 0 bridgehead atoms. The molecule has 1 saturated heterocycles. The number of nitrogens with one attached hydrogen (secondary N) is 1. The number of carbonyl (C=O) groups excluding carboxylic acids is 1. The van der Waals surface area contributed by atoms with Gasteiger partial charge in [0.2, 0.25) is 0 Å². The Bertz CT molecular complexity index is 1350. The number of ether oxygens (including phenoxy) is 1. The number of rotatable bonds is 7. The third-order valence-corrected chi connectivity index (χ3v) is 7.58. The van der Waals surface area contributed by atoms with Gasteiger partial charge in [-0.2, -0.15) is 0 Å². The van der Waals surface area contributed by atoms with E-state index >= 15 is 4.39 Å². The standard InChI is InChI=1S/C28H30FN5O3/c29-19-11-22(25-26(27(30)33-15-32-25)37-14-20-2-1-8-31-20)23(13-35)24(12-19)34-9-7-18-10-17(16-3-4-16)5-6-21(18)28(34)36/h5-6,10-12,15-16,20,31,35H,1-4,7-9,13-14H2,(H2,30,32,33)/t20-/m0/s1. The van der Waals surface area contributed by atoms with Crippen molar-refractivity contribution in [1.29, 1.82) is 0 Å². The van der Waals surface area contributed by atoms with Gasteiger partial charge in [0.15, 0.2) is 11.6 Å². The molecule has 8 nitrogen and oxygen atoms in total. The predicted molar refractivity (Wildman–Crippen MR) is 138 cm³/mol. The lowest BCUT2D eigenvalue weighted by Crippen LogP contribution is -2.38. The van der Waals surface area contributed by atoms with Gasteiger partial charge in [-0.1, -0.05) is 12.1 Å². The Hall–Kier alpha value is -3.56. The van der Waals surface area contributed by atoms with E-state index < -0.39 is 12.4 Å². The SMILES string of the molecule is Nc1ncnc(-c2cc(F)cc(N3CCc4cc(C5CC5)ccc4C3=O)c2CO)c1OC[C@@H]1CCCN1. The van der Waals surface area contributed by atoms with E-state index in [1.165, 1.54) is 36.9 Å². The summed E-state index contributed by atoms with van der Waals surface area (Å²) in [6, 6.07) is 8.81. The summed E-state index contributed by atoms with van der Waals surface area (Å²) < 4.78 is 21.1. The quantitative estimate of drug-likeness (QED) is 0.452. The highest BCUT2D eigenvalue weighted by Crippen LogP contribution is 2.42. The van der Waals surface area contributed by atoms with Crippen molar-refractivity contribution in [2.45, 2.75) is 50.7 Å². The van der Waals surface area contributed by atoms with Gasteiger partial charge in [-0.05, 0) is 73.9 Å². The van der Waals surface area contributed by atoms with Gasteiger partial charge in [-0.25, -0.2) is 14.4 Å². The number of carbonyl (C=O) groups is 1. The predicted octanol–water partition coefficient (Wildman–Crippen LogP) is 3.57. The maximum absolute atomic E-state index is 15.1. The van der Waals surface area contributed by atoms with Crippen molar-refractivity contribution in [2.24, 2.45) is 0 Å². The van der Waals surface area contributed by atoms with Gasteiger partial charge in [0.05, 0.1) is 12.3 Å². The van der Waals surface area contributed by atoms with Crippen LogP contribution in [-0.2, 0) is 13.0 Å². The molecule has 0 spiro atoms. The highest BCUT2D eigenvalue weighted by molar-refractivity contribution is 6.09. The van der Waals surface area contributed by atoms with E-state index in [0.29, 0.717) is 47.9 Å². The number of hydrogen-bond donors (Lipinski definition) is 3. The number of amides is 1. The van der Waals surface area contributed by atoms with Crippen molar-refractivity contribution < 1.29 is 19.0 Å². The largest absolute Gasteiger partial charge is 0.486 e. The average Bonchev–Trinajstić information content (AvgIpc) is 3.63. The van der Waals surface area contributed by atoms with E-state index in [1.807, 2.05) is 12.1 Å². The third kappa shape index (κ3) is 4.53. The Balaban J connectivity index is 1.37. The second-order valence-corrected chi connectivity index (χ2v) is 10.0. The fourth-order valence-electron chi connectivity index (χ4n) is 5.45. The van der Waals surface area contributed by atoms with Crippen molar-refractivity contribution in [3.63, 3.8) is 0 Å². The van der Waals surface area contributed by atoms with Crippen LogP contribution in [0.4, 0.5) is 15.9 Å². The van der Waals surface area contributed by atoms with Crippen molar-refractivity contribution in [3.8, 4) is 17.0 Å². The molecule has 3 aliphatic rings. The van der Waals surface area contributed by atoms with E-state index in [2.05, 4.69) is 21.4 Å². The Morgan fingerprint density at radius 2 is 2.03 bits per heavy atom. The van der Waals surface area contributed by atoms with E-state index in [-0.39, 0.29) is 29.2 Å². The first-order valence-electron chi connectivity index (χ1n) is 12.9. The molecule has 2 fully saturated rings. The lowest BCUT2D eigenvalue weighted by molar-refractivity contribution is 0.0980. The minimum atomic E-state index is -0.550. The molecule has 1 atom stereocenters. The molecule has 37 heavy (non-hydrogen) atoms. The van der Waals surface area contributed by atoms with Crippen LogP contribution >= 0.6 is 0 Å². The number of aliphatic hydroxyl groups excluding tert-OH is 1. The molecule has 192 valence electrons. The molecule has 6 rings (SSSR count). The molecular weight excluding hydrogens is 473 g/mol. The average molecular weight is 504 g/mol. The van der Waals surface area contributed by atoms with Crippen LogP contribution in [0.2, 0.25) is 0 Å². The highest BCUT2D eigenvalue weighted by atomic mass is 19.1. The maximum Gasteiger partial charge on any atom is 0.258 e. The molecule has 1 aromatic heterocycles. The first-order valence-corrected chi connectivity index (χ1v) is 12.9. The molecule has 0 radical (unpaired) electrons. The van der Waals surface area contributed by atoms with E-state index in [9.17, 15) is 9.90 Å². The Kier molecular flexibility index (Phi) is 6.26. The number of aliphatic hydroxyl groups is 1. The van der Waals surface area contributed by atoms with Gasteiger partial charge in [0.1, 0.15) is 24.4 Å². The Labute approximate surface area is 214 Å². The fraction of sp³-hybridized carbons (Fsp3) is 0.393. The second kappa shape index (κ2) is 9.72. The number of benzene rings is 2. The molecule has 2 aliphatic heterocycles. The summed E-state index contributed by atoms with van der Waals surface area (Å²) in [7, 11) is 0. The lowest BCUT2D eigenvalue weighted by atomic mass is 9.93. The summed E-state index contributed by atoms with van der Waals surface area (Å²) in [6.07, 6.45) is 6.38. The van der Waals surface area contributed by atoms with E-state index in [1.54, 1.807) is 4.90 Å². The second-order valence-electron chi connectivity index (χ2n) is 10.0. The molecule has 2 aromatic carbocycles. The summed E-state index contributed by atoms with van der Waals surface area (Å²) >= 11 is 0. The zero-order valence-electron chi connectivity index (χ0n) is 20.5.